The molecule has 0 spiro atoms. The van der Waals surface area contributed by atoms with Crippen molar-refractivity contribution in [1.82, 2.24) is 10.2 Å². The normalized spacial score (nSPS) is 10.7. The van der Waals surface area contributed by atoms with Crippen LogP contribution < -0.4 is 5.32 Å². The Morgan fingerprint density at radius 2 is 2.08 bits per heavy atom. The first-order chi connectivity index (χ1) is 12.0. The quantitative estimate of drug-likeness (QED) is 0.596. The lowest BCUT2D eigenvalue weighted by molar-refractivity contribution is 0.102. The number of aromatic hydroxyl groups is 1. The zero-order valence-electron chi connectivity index (χ0n) is 13.9. The van der Waals surface area contributed by atoms with E-state index in [0.717, 1.165) is 33.3 Å². The maximum atomic E-state index is 12.6. The minimum Gasteiger partial charge on any atom is -0.507 e. The Kier molecular flexibility index (Phi) is 4.90. The van der Waals surface area contributed by atoms with Gasteiger partial charge in [0.2, 0.25) is 0 Å². The van der Waals surface area contributed by atoms with Crippen molar-refractivity contribution in [3.8, 4) is 16.9 Å². The van der Waals surface area contributed by atoms with E-state index in [9.17, 15) is 9.90 Å². The Morgan fingerprint density at radius 1 is 1.28 bits per heavy atom. The second kappa shape index (κ2) is 7.11. The molecule has 0 aliphatic carbocycles. The molecule has 0 unspecified atom stereocenters. The largest absolute Gasteiger partial charge is 0.507 e. The van der Waals surface area contributed by atoms with Gasteiger partial charge in [-0.15, -0.1) is 0 Å². The molecule has 0 atom stereocenters. The van der Waals surface area contributed by atoms with Crippen LogP contribution in [0.1, 0.15) is 28.5 Å². The lowest BCUT2D eigenvalue weighted by atomic mass is 10.1. The van der Waals surface area contributed by atoms with Crippen molar-refractivity contribution in [2.45, 2.75) is 20.3 Å². The second-order valence-corrected chi connectivity index (χ2v) is 6.66. The highest BCUT2D eigenvalue weighted by Gasteiger charge is 2.18. The van der Waals surface area contributed by atoms with Crippen molar-refractivity contribution < 1.29 is 9.90 Å². The second-order valence-electron chi connectivity index (χ2n) is 5.74. The minimum absolute atomic E-state index is 0.0342. The molecule has 3 aromatic rings. The molecule has 2 aromatic carbocycles. The smallest absolute Gasteiger partial charge is 0.260 e. The van der Waals surface area contributed by atoms with Crippen LogP contribution in [0.3, 0.4) is 0 Å². The zero-order valence-corrected chi connectivity index (χ0v) is 15.5. The highest BCUT2D eigenvalue weighted by molar-refractivity contribution is 9.10. The Hall–Kier alpha value is -2.60. The van der Waals surface area contributed by atoms with Crippen molar-refractivity contribution in [2.75, 3.05) is 5.32 Å². The van der Waals surface area contributed by atoms with Gasteiger partial charge in [-0.3, -0.25) is 9.89 Å². The number of hydrogen-bond donors (Lipinski definition) is 3. The van der Waals surface area contributed by atoms with Gasteiger partial charge < -0.3 is 10.4 Å². The molecule has 128 valence electrons. The van der Waals surface area contributed by atoms with Crippen molar-refractivity contribution in [3.05, 3.63) is 63.8 Å². The average Bonchev–Trinajstić information content (AvgIpc) is 2.94. The van der Waals surface area contributed by atoms with Crippen molar-refractivity contribution in [1.29, 1.82) is 0 Å². The number of amides is 1. The first-order valence-corrected chi connectivity index (χ1v) is 8.73. The lowest BCUT2D eigenvalue weighted by Gasteiger charge is -2.09. The van der Waals surface area contributed by atoms with E-state index < -0.39 is 5.91 Å². The van der Waals surface area contributed by atoms with E-state index >= 15 is 0 Å². The molecule has 6 heteroatoms. The van der Waals surface area contributed by atoms with Gasteiger partial charge in [-0.05, 0) is 48.7 Å². The topological polar surface area (TPSA) is 78.0 Å². The molecule has 0 aliphatic rings. The number of carbonyl (C=O) groups is 1. The molecule has 1 amide bonds. The summed E-state index contributed by atoms with van der Waals surface area (Å²) in [6.45, 7) is 3.89. The number of phenols is 1. The molecule has 3 rings (SSSR count). The van der Waals surface area contributed by atoms with E-state index in [-0.39, 0.29) is 11.3 Å². The standard InChI is InChI=1S/C19H18BrN3O2/c1-3-12-7-8-15(16(24)9-12)19(25)21-18-17(11(2)22-23-18)13-5-4-6-14(20)10-13/h4-10,24H,3H2,1-2H3,(H2,21,22,23,25). The molecule has 0 radical (unpaired) electrons. The predicted octanol–water partition coefficient (Wildman–Crippen LogP) is 4.67. The summed E-state index contributed by atoms with van der Waals surface area (Å²) < 4.78 is 0.940. The van der Waals surface area contributed by atoms with E-state index in [2.05, 4.69) is 31.4 Å². The van der Waals surface area contributed by atoms with Crippen LogP contribution in [0.15, 0.2) is 46.9 Å². The predicted molar refractivity (Wildman–Crippen MR) is 102 cm³/mol. The number of phenolic OH excluding ortho intramolecular Hbond substituents is 1. The van der Waals surface area contributed by atoms with Crippen LogP contribution in [-0.2, 0) is 6.42 Å². The number of aromatic nitrogens is 2. The Bertz CT molecular complexity index is 934. The van der Waals surface area contributed by atoms with Gasteiger partial charge in [-0.25, -0.2) is 0 Å². The third-order valence-corrected chi connectivity index (χ3v) is 4.50. The van der Waals surface area contributed by atoms with Gasteiger partial charge in [0.05, 0.1) is 5.56 Å². The van der Waals surface area contributed by atoms with E-state index in [1.54, 1.807) is 12.1 Å². The minimum atomic E-state index is -0.400. The fraction of sp³-hybridized carbons (Fsp3) is 0.158. The maximum absolute atomic E-state index is 12.6. The number of rotatable bonds is 4. The highest BCUT2D eigenvalue weighted by Crippen LogP contribution is 2.32. The summed E-state index contributed by atoms with van der Waals surface area (Å²) in [5, 5.41) is 20.0. The van der Waals surface area contributed by atoms with Crippen molar-refractivity contribution >= 4 is 27.7 Å². The van der Waals surface area contributed by atoms with Crippen molar-refractivity contribution in [3.63, 3.8) is 0 Å². The third-order valence-electron chi connectivity index (χ3n) is 4.01. The first kappa shape index (κ1) is 17.2. The molecule has 0 bridgehead atoms. The number of anilines is 1. The van der Waals surface area contributed by atoms with Gasteiger partial charge in [-0.2, -0.15) is 5.10 Å². The van der Waals surface area contributed by atoms with Gasteiger partial charge in [0.15, 0.2) is 5.82 Å². The summed E-state index contributed by atoms with van der Waals surface area (Å²) in [6.07, 6.45) is 0.793. The highest BCUT2D eigenvalue weighted by atomic mass is 79.9. The number of hydrogen-bond acceptors (Lipinski definition) is 3. The van der Waals surface area contributed by atoms with E-state index in [4.69, 9.17) is 0 Å². The van der Waals surface area contributed by atoms with E-state index in [1.165, 1.54) is 0 Å². The molecule has 0 saturated heterocycles. The third kappa shape index (κ3) is 3.58. The summed E-state index contributed by atoms with van der Waals surface area (Å²) in [7, 11) is 0. The van der Waals surface area contributed by atoms with Crippen LogP contribution in [0.5, 0.6) is 5.75 Å². The molecule has 0 saturated carbocycles. The van der Waals surface area contributed by atoms with Crippen LogP contribution in [0.4, 0.5) is 5.82 Å². The fourth-order valence-corrected chi connectivity index (χ4v) is 3.08. The molecule has 1 aromatic heterocycles. The number of halogens is 1. The van der Waals surface area contributed by atoms with Gasteiger partial charge in [0.25, 0.3) is 5.91 Å². The van der Waals surface area contributed by atoms with Gasteiger partial charge >= 0.3 is 0 Å². The van der Waals surface area contributed by atoms with Crippen LogP contribution in [-0.4, -0.2) is 21.2 Å². The molecular formula is C19H18BrN3O2. The van der Waals surface area contributed by atoms with E-state index in [0.29, 0.717) is 5.82 Å². The molecular weight excluding hydrogens is 382 g/mol. The van der Waals surface area contributed by atoms with Crippen LogP contribution >= 0.6 is 15.9 Å². The number of H-pyrrole nitrogens is 1. The zero-order chi connectivity index (χ0) is 18.0. The molecule has 25 heavy (non-hydrogen) atoms. The summed E-state index contributed by atoms with van der Waals surface area (Å²) in [5.41, 5.74) is 3.79. The summed E-state index contributed by atoms with van der Waals surface area (Å²) in [6, 6.07) is 12.8. The molecule has 0 fully saturated rings. The average molecular weight is 400 g/mol. The summed E-state index contributed by atoms with van der Waals surface area (Å²) in [4.78, 5) is 12.6. The number of aromatic amines is 1. The Balaban J connectivity index is 1.93. The number of nitrogens with one attached hydrogen (secondary N) is 2. The monoisotopic (exact) mass is 399 g/mol. The van der Waals surface area contributed by atoms with Crippen LogP contribution in [0, 0.1) is 6.92 Å². The summed E-state index contributed by atoms with van der Waals surface area (Å²) >= 11 is 3.46. The van der Waals surface area contributed by atoms with Gasteiger partial charge in [0.1, 0.15) is 5.75 Å². The molecule has 5 nitrogen and oxygen atoms in total. The van der Waals surface area contributed by atoms with Crippen LogP contribution in [0.25, 0.3) is 11.1 Å². The number of carbonyl (C=O) groups excluding carboxylic acids is 1. The van der Waals surface area contributed by atoms with Crippen LogP contribution in [0.2, 0.25) is 0 Å². The first-order valence-electron chi connectivity index (χ1n) is 7.93. The van der Waals surface area contributed by atoms with Crippen molar-refractivity contribution in [2.24, 2.45) is 0 Å². The maximum Gasteiger partial charge on any atom is 0.260 e. The Labute approximate surface area is 154 Å². The fourth-order valence-electron chi connectivity index (χ4n) is 2.68. The molecule has 0 aliphatic heterocycles. The van der Waals surface area contributed by atoms with E-state index in [1.807, 2.05) is 44.2 Å². The lowest BCUT2D eigenvalue weighted by Crippen LogP contribution is -2.13. The van der Waals surface area contributed by atoms with Gasteiger partial charge in [0, 0.05) is 15.7 Å². The number of aryl methyl sites for hydroxylation is 2. The summed E-state index contributed by atoms with van der Waals surface area (Å²) in [5.74, 6) is -0.00409. The Morgan fingerprint density at radius 3 is 2.76 bits per heavy atom. The van der Waals surface area contributed by atoms with Gasteiger partial charge in [-0.1, -0.05) is 41.1 Å². The molecule has 3 N–H and O–H groups in total. The number of nitrogens with zero attached hydrogens (tertiary/aromatic N) is 1. The SMILES string of the molecule is CCc1ccc(C(=O)Nc2n[nH]c(C)c2-c2cccc(Br)c2)c(O)c1. The molecule has 1 heterocycles. The number of benzene rings is 2.